The number of nitrogens with one attached hydrogen (secondary N) is 1. The highest BCUT2D eigenvalue weighted by Gasteiger charge is 2.21. The minimum absolute atomic E-state index is 0.175. The minimum Gasteiger partial charge on any atom is -0.398 e. The average Bonchev–Trinajstić information content (AvgIpc) is 2.20. The van der Waals surface area contributed by atoms with Crippen LogP contribution in [0.2, 0.25) is 0 Å². The normalized spacial score (nSPS) is 11.5. The molecule has 0 heterocycles. The summed E-state index contributed by atoms with van der Waals surface area (Å²) in [6.45, 7) is 4.79. The fourth-order valence-electron chi connectivity index (χ4n) is 1.17. The summed E-state index contributed by atoms with van der Waals surface area (Å²) in [4.78, 5) is 11.8. The summed E-state index contributed by atoms with van der Waals surface area (Å²) in [6, 6.07) is 4.88. The minimum atomic E-state index is -3.63. The molecule has 0 aliphatic carbocycles. The van der Waals surface area contributed by atoms with Gasteiger partial charge in [0.15, 0.2) is 0 Å². The molecule has 94 valence electrons. The van der Waals surface area contributed by atoms with Crippen molar-refractivity contribution in [1.29, 1.82) is 0 Å². The van der Waals surface area contributed by atoms with E-state index in [1.54, 1.807) is 25.1 Å². The molecule has 17 heavy (non-hydrogen) atoms. The lowest BCUT2D eigenvalue weighted by molar-refractivity contribution is 0.0982. The molecule has 1 aromatic rings. The molecule has 0 saturated heterocycles. The highest BCUT2D eigenvalue weighted by molar-refractivity contribution is 7.90. The number of benzene rings is 1. The number of rotatable bonds is 3. The quantitative estimate of drug-likeness (QED) is 0.791. The van der Waals surface area contributed by atoms with Gasteiger partial charge in [-0.05, 0) is 32.9 Å². The summed E-state index contributed by atoms with van der Waals surface area (Å²) in [5.74, 6) is -0.695. The topological polar surface area (TPSA) is 89.3 Å². The van der Waals surface area contributed by atoms with E-state index in [9.17, 15) is 13.2 Å². The number of amides is 1. The van der Waals surface area contributed by atoms with Gasteiger partial charge in [0.25, 0.3) is 5.91 Å². The second-order valence-corrected chi connectivity index (χ2v) is 6.35. The molecule has 0 aromatic heterocycles. The molecule has 0 saturated carbocycles. The van der Waals surface area contributed by atoms with Crippen molar-refractivity contribution in [3.05, 3.63) is 29.3 Å². The Bertz CT molecular complexity index is 536. The van der Waals surface area contributed by atoms with Crippen LogP contribution in [0.4, 0.5) is 5.69 Å². The molecule has 0 fully saturated rings. The van der Waals surface area contributed by atoms with Crippen LogP contribution in [-0.2, 0) is 10.0 Å². The molecule has 0 unspecified atom stereocenters. The van der Waals surface area contributed by atoms with Crippen molar-refractivity contribution < 1.29 is 13.2 Å². The van der Waals surface area contributed by atoms with E-state index in [0.717, 1.165) is 5.56 Å². The van der Waals surface area contributed by atoms with E-state index < -0.39 is 21.2 Å². The monoisotopic (exact) mass is 256 g/mol. The molecular formula is C11H16N2O3S. The maximum absolute atomic E-state index is 11.8. The molecule has 0 atom stereocenters. The number of hydrogen-bond acceptors (Lipinski definition) is 4. The van der Waals surface area contributed by atoms with Crippen molar-refractivity contribution in [2.75, 3.05) is 5.73 Å². The Kier molecular flexibility index (Phi) is 3.77. The summed E-state index contributed by atoms with van der Waals surface area (Å²) in [5.41, 5.74) is 6.90. The van der Waals surface area contributed by atoms with E-state index in [0.29, 0.717) is 0 Å². The molecule has 0 aliphatic heterocycles. The van der Waals surface area contributed by atoms with Crippen LogP contribution in [0.15, 0.2) is 18.2 Å². The molecule has 3 N–H and O–H groups in total. The van der Waals surface area contributed by atoms with Crippen LogP contribution in [0.3, 0.4) is 0 Å². The zero-order valence-corrected chi connectivity index (χ0v) is 10.8. The number of sulfonamides is 1. The number of carbonyl (C=O) groups is 1. The van der Waals surface area contributed by atoms with E-state index in [1.165, 1.54) is 13.8 Å². The van der Waals surface area contributed by atoms with Gasteiger partial charge in [-0.15, -0.1) is 0 Å². The number of carbonyl (C=O) groups excluding carboxylic acids is 1. The lowest BCUT2D eigenvalue weighted by Crippen LogP contribution is -2.36. The van der Waals surface area contributed by atoms with Gasteiger partial charge in [-0.2, -0.15) is 0 Å². The van der Waals surface area contributed by atoms with Crippen LogP contribution in [0.25, 0.3) is 0 Å². The first-order chi connectivity index (χ1) is 7.74. The maximum Gasteiger partial charge on any atom is 0.266 e. The molecule has 1 aromatic carbocycles. The van der Waals surface area contributed by atoms with Crippen molar-refractivity contribution >= 4 is 21.6 Å². The first-order valence-electron chi connectivity index (χ1n) is 5.16. The summed E-state index contributed by atoms with van der Waals surface area (Å²) < 4.78 is 25.1. The van der Waals surface area contributed by atoms with Crippen molar-refractivity contribution in [2.45, 2.75) is 26.0 Å². The van der Waals surface area contributed by atoms with E-state index in [-0.39, 0.29) is 11.3 Å². The lowest BCUT2D eigenvalue weighted by Gasteiger charge is -2.11. The van der Waals surface area contributed by atoms with Gasteiger partial charge in [-0.25, -0.2) is 13.1 Å². The molecule has 1 rings (SSSR count). The van der Waals surface area contributed by atoms with Gasteiger partial charge in [-0.1, -0.05) is 11.6 Å². The fraction of sp³-hybridized carbons (Fsp3) is 0.364. The standard InChI is InChI=1S/C11H16N2O3S/c1-7(2)17(15,16)13-11(14)9-6-8(3)4-5-10(9)12/h4-7H,12H2,1-3H3,(H,13,14). The SMILES string of the molecule is Cc1ccc(N)c(C(=O)NS(=O)(=O)C(C)C)c1. The number of nitrogen functional groups attached to an aromatic ring is 1. The zero-order valence-electron chi connectivity index (χ0n) is 10.0. The van der Waals surface area contributed by atoms with Gasteiger partial charge in [0.05, 0.1) is 10.8 Å². The molecule has 6 heteroatoms. The smallest absolute Gasteiger partial charge is 0.266 e. The Hall–Kier alpha value is -1.56. The van der Waals surface area contributed by atoms with E-state index in [2.05, 4.69) is 0 Å². The third kappa shape index (κ3) is 3.20. The molecule has 5 nitrogen and oxygen atoms in total. The van der Waals surface area contributed by atoms with Gasteiger partial charge in [0.2, 0.25) is 10.0 Å². The summed E-state index contributed by atoms with van der Waals surface area (Å²) in [7, 11) is -3.63. The highest BCUT2D eigenvalue weighted by atomic mass is 32.2. The predicted octanol–water partition coefficient (Wildman–Crippen LogP) is 1.05. The van der Waals surface area contributed by atoms with E-state index in [4.69, 9.17) is 5.73 Å². The summed E-state index contributed by atoms with van der Waals surface area (Å²) in [5, 5.41) is -0.669. The molecular weight excluding hydrogens is 240 g/mol. The summed E-state index contributed by atoms with van der Waals surface area (Å²) >= 11 is 0. The summed E-state index contributed by atoms with van der Waals surface area (Å²) in [6.07, 6.45) is 0. The van der Waals surface area contributed by atoms with E-state index >= 15 is 0 Å². The third-order valence-electron chi connectivity index (χ3n) is 2.31. The van der Waals surface area contributed by atoms with Crippen LogP contribution in [0.5, 0.6) is 0 Å². The van der Waals surface area contributed by atoms with Crippen LogP contribution in [0.1, 0.15) is 29.8 Å². The van der Waals surface area contributed by atoms with Crippen molar-refractivity contribution in [2.24, 2.45) is 0 Å². The Labute approximate surface area is 101 Å². The van der Waals surface area contributed by atoms with Gasteiger partial charge < -0.3 is 5.73 Å². The van der Waals surface area contributed by atoms with Crippen LogP contribution in [0, 0.1) is 6.92 Å². The maximum atomic E-state index is 11.8. The average molecular weight is 256 g/mol. The number of hydrogen-bond donors (Lipinski definition) is 2. The number of nitrogens with two attached hydrogens (primary N) is 1. The highest BCUT2D eigenvalue weighted by Crippen LogP contribution is 2.14. The largest absolute Gasteiger partial charge is 0.398 e. The van der Waals surface area contributed by atoms with Crippen LogP contribution in [-0.4, -0.2) is 19.6 Å². The fourth-order valence-corrected chi connectivity index (χ4v) is 1.77. The molecule has 0 spiro atoms. The first kappa shape index (κ1) is 13.5. The molecule has 1 amide bonds. The van der Waals surface area contributed by atoms with Crippen molar-refractivity contribution in [1.82, 2.24) is 4.72 Å². The third-order valence-corrected chi connectivity index (χ3v) is 4.02. The van der Waals surface area contributed by atoms with E-state index in [1.807, 2.05) is 4.72 Å². The Morgan fingerprint density at radius 3 is 2.47 bits per heavy atom. The van der Waals surface area contributed by atoms with Gasteiger partial charge in [-0.3, -0.25) is 4.79 Å². The first-order valence-corrected chi connectivity index (χ1v) is 6.71. The van der Waals surface area contributed by atoms with Gasteiger partial charge in [0, 0.05) is 5.69 Å². The Balaban J connectivity index is 3.03. The predicted molar refractivity (Wildman–Crippen MR) is 67.1 cm³/mol. The second kappa shape index (κ2) is 4.75. The van der Waals surface area contributed by atoms with Crippen LogP contribution < -0.4 is 10.5 Å². The van der Waals surface area contributed by atoms with Crippen molar-refractivity contribution in [3.8, 4) is 0 Å². The lowest BCUT2D eigenvalue weighted by atomic mass is 10.1. The second-order valence-electron chi connectivity index (χ2n) is 4.12. The molecule has 0 aliphatic rings. The van der Waals surface area contributed by atoms with Crippen LogP contribution >= 0.6 is 0 Å². The Morgan fingerprint density at radius 1 is 1.35 bits per heavy atom. The zero-order chi connectivity index (χ0) is 13.2. The molecule has 0 radical (unpaired) electrons. The van der Waals surface area contributed by atoms with Gasteiger partial charge in [0.1, 0.15) is 0 Å². The number of anilines is 1. The number of aryl methyl sites for hydroxylation is 1. The Morgan fingerprint density at radius 2 is 1.94 bits per heavy atom. The molecule has 0 bridgehead atoms. The van der Waals surface area contributed by atoms with Crippen molar-refractivity contribution in [3.63, 3.8) is 0 Å². The van der Waals surface area contributed by atoms with Gasteiger partial charge >= 0.3 is 0 Å².